The molecule has 0 radical (unpaired) electrons. The summed E-state index contributed by atoms with van der Waals surface area (Å²) in [5.74, 6) is 1.75. The van der Waals surface area contributed by atoms with Crippen LogP contribution in [0.2, 0.25) is 0 Å². The number of likely N-dealkylation sites (N-methyl/N-ethyl adjacent to an activating group) is 1. The lowest BCUT2D eigenvalue weighted by atomic mass is 10.1. The molecule has 0 aliphatic carbocycles. The van der Waals surface area contributed by atoms with Gasteiger partial charge < -0.3 is 15.1 Å². The Hall–Kier alpha value is -2.28. The first-order valence-electron chi connectivity index (χ1n) is 9.57. The van der Waals surface area contributed by atoms with Gasteiger partial charge in [0.2, 0.25) is 0 Å². The molecule has 2 aromatic heterocycles. The number of nitrogens with one attached hydrogen (secondary N) is 2. The van der Waals surface area contributed by atoms with Gasteiger partial charge in [0.15, 0.2) is 5.96 Å². The van der Waals surface area contributed by atoms with Crippen LogP contribution in [0.25, 0.3) is 0 Å². The highest BCUT2D eigenvalue weighted by molar-refractivity contribution is 5.80. The molecule has 27 heavy (non-hydrogen) atoms. The Bertz CT molecular complexity index is 732. The number of furan rings is 1. The highest BCUT2D eigenvalue weighted by atomic mass is 16.3. The van der Waals surface area contributed by atoms with Crippen LogP contribution in [0.1, 0.15) is 42.6 Å². The molecule has 0 amide bonds. The lowest BCUT2D eigenvalue weighted by molar-refractivity contribution is 0.265. The summed E-state index contributed by atoms with van der Waals surface area (Å²) in [6.45, 7) is 9.87. The molecule has 150 valence electrons. The second-order valence-corrected chi connectivity index (χ2v) is 7.24. The van der Waals surface area contributed by atoms with Crippen molar-refractivity contribution in [3.8, 4) is 0 Å². The minimum Gasteiger partial charge on any atom is -0.468 e. The van der Waals surface area contributed by atoms with Crippen molar-refractivity contribution >= 4 is 5.96 Å². The average molecular weight is 375 g/mol. The fraction of sp³-hybridized carbons (Fsp3) is 0.600. The van der Waals surface area contributed by atoms with Gasteiger partial charge in [0.1, 0.15) is 5.76 Å². The molecule has 0 saturated carbocycles. The number of hydrogen-bond donors (Lipinski definition) is 2. The van der Waals surface area contributed by atoms with Gasteiger partial charge >= 0.3 is 0 Å². The standard InChI is InChI=1S/C20H34N6O/c1-8-21-20(22-13-18(25(5)6)19-10-9-11-27-19)23-14(2)12-17-15(3)24-26(7)16(17)4/h9-11,14,18H,8,12-13H2,1-7H3,(H2,21,22,23). The first-order chi connectivity index (χ1) is 12.8. The zero-order chi connectivity index (χ0) is 20.0. The van der Waals surface area contributed by atoms with Crippen LogP contribution in [0.15, 0.2) is 27.8 Å². The second kappa shape index (κ2) is 9.60. The van der Waals surface area contributed by atoms with Gasteiger partial charge in [0.25, 0.3) is 0 Å². The van der Waals surface area contributed by atoms with Crippen LogP contribution >= 0.6 is 0 Å². The molecule has 0 saturated heterocycles. The number of hydrogen-bond acceptors (Lipinski definition) is 4. The molecule has 0 aromatic carbocycles. The lowest BCUT2D eigenvalue weighted by Crippen LogP contribution is -2.43. The van der Waals surface area contributed by atoms with Crippen molar-refractivity contribution < 1.29 is 4.42 Å². The van der Waals surface area contributed by atoms with Crippen molar-refractivity contribution in [1.29, 1.82) is 0 Å². The molecule has 0 aliphatic heterocycles. The molecule has 0 bridgehead atoms. The van der Waals surface area contributed by atoms with Gasteiger partial charge in [-0.3, -0.25) is 14.6 Å². The van der Waals surface area contributed by atoms with Crippen molar-refractivity contribution in [2.45, 2.75) is 46.2 Å². The third kappa shape index (κ3) is 5.60. The summed E-state index contributed by atoms with van der Waals surface area (Å²) in [6, 6.07) is 4.26. The zero-order valence-corrected chi connectivity index (χ0v) is 17.7. The molecule has 7 heteroatoms. The van der Waals surface area contributed by atoms with E-state index in [-0.39, 0.29) is 12.1 Å². The van der Waals surface area contributed by atoms with E-state index in [0.29, 0.717) is 6.54 Å². The van der Waals surface area contributed by atoms with Crippen LogP contribution in [0.3, 0.4) is 0 Å². The predicted molar refractivity (Wildman–Crippen MR) is 110 cm³/mol. The zero-order valence-electron chi connectivity index (χ0n) is 17.7. The number of aliphatic imine (C=N–C) groups is 1. The van der Waals surface area contributed by atoms with Crippen LogP contribution < -0.4 is 10.6 Å². The van der Waals surface area contributed by atoms with E-state index in [1.807, 2.05) is 38.0 Å². The molecule has 2 rings (SSSR count). The Kier molecular flexibility index (Phi) is 7.47. The Labute approximate surface area is 162 Å². The Morgan fingerprint density at radius 1 is 1.37 bits per heavy atom. The third-order valence-corrected chi connectivity index (χ3v) is 4.81. The van der Waals surface area contributed by atoms with E-state index in [0.717, 1.165) is 30.4 Å². The maximum atomic E-state index is 5.58. The molecule has 0 spiro atoms. The van der Waals surface area contributed by atoms with E-state index in [4.69, 9.17) is 9.41 Å². The smallest absolute Gasteiger partial charge is 0.191 e. The Morgan fingerprint density at radius 3 is 2.63 bits per heavy atom. The molecule has 2 aromatic rings. The maximum absolute atomic E-state index is 5.58. The second-order valence-electron chi connectivity index (χ2n) is 7.24. The Balaban J connectivity index is 2.05. The molecule has 0 aliphatic rings. The van der Waals surface area contributed by atoms with Crippen LogP contribution in [-0.2, 0) is 13.5 Å². The van der Waals surface area contributed by atoms with Crippen molar-refractivity contribution in [3.05, 3.63) is 41.1 Å². The maximum Gasteiger partial charge on any atom is 0.191 e. The van der Waals surface area contributed by atoms with Crippen molar-refractivity contribution in [2.75, 3.05) is 27.2 Å². The van der Waals surface area contributed by atoms with E-state index in [1.54, 1.807) is 6.26 Å². The molecule has 2 atom stereocenters. The van der Waals surface area contributed by atoms with Crippen LogP contribution in [-0.4, -0.2) is 53.9 Å². The molecule has 2 unspecified atom stereocenters. The fourth-order valence-electron chi connectivity index (χ4n) is 3.19. The van der Waals surface area contributed by atoms with Crippen LogP contribution in [0.4, 0.5) is 0 Å². The van der Waals surface area contributed by atoms with E-state index >= 15 is 0 Å². The van der Waals surface area contributed by atoms with E-state index in [1.165, 1.54) is 11.3 Å². The molecule has 0 fully saturated rings. The minimum atomic E-state index is 0.105. The van der Waals surface area contributed by atoms with Gasteiger partial charge in [0, 0.05) is 25.3 Å². The van der Waals surface area contributed by atoms with Gasteiger partial charge in [-0.1, -0.05) is 0 Å². The van der Waals surface area contributed by atoms with Gasteiger partial charge in [-0.2, -0.15) is 5.10 Å². The molecular formula is C20H34N6O. The average Bonchev–Trinajstić information content (AvgIpc) is 3.20. The van der Waals surface area contributed by atoms with Crippen molar-refractivity contribution in [3.63, 3.8) is 0 Å². The fourth-order valence-corrected chi connectivity index (χ4v) is 3.19. The first-order valence-corrected chi connectivity index (χ1v) is 9.57. The minimum absolute atomic E-state index is 0.105. The SMILES string of the molecule is CCNC(=NCC(c1ccco1)N(C)C)NC(C)Cc1c(C)nn(C)c1C. The van der Waals surface area contributed by atoms with Crippen LogP contribution in [0, 0.1) is 13.8 Å². The number of guanidine groups is 1. The topological polar surface area (TPSA) is 70.6 Å². The lowest BCUT2D eigenvalue weighted by Gasteiger charge is -2.22. The number of rotatable bonds is 8. The predicted octanol–water partition coefficient (Wildman–Crippen LogP) is 2.42. The van der Waals surface area contributed by atoms with Crippen molar-refractivity contribution in [1.82, 2.24) is 25.3 Å². The number of aryl methyl sites for hydroxylation is 2. The summed E-state index contributed by atoms with van der Waals surface area (Å²) in [5, 5.41) is 11.4. The highest BCUT2D eigenvalue weighted by Gasteiger charge is 2.18. The highest BCUT2D eigenvalue weighted by Crippen LogP contribution is 2.19. The van der Waals surface area contributed by atoms with E-state index < -0.39 is 0 Å². The quantitative estimate of drug-likeness (QED) is 0.548. The summed E-state index contributed by atoms with van der Waals surface area (Å²) in [7, 11) is 6.07. The molecule has 2 N–H and O–H groups in total. The monoisotopic (exact) mass is 374 g/mol. The van der Waals surface area contributed by atoms with Gasteiger partial charge in [-0.25, -0.2) is 0 Å². The summed E-state index contributed by atoms with van der Waals surface area (Å²) in [4.78, 5) is 6.92. The van der Waals surface area contributed by atoms with Crippen molar-refractivity contribution in [2.24, 2.45) is 12.0 Å². The van der Waals surface area contributed by atoms with Gasteiger partial charge in [-0.05, 0) is 65.9 Å². The summed E-state index contributed by atoms with van der Waals surface area (Å²) < 4.78 is 7.52. The summed E-state index contributed by atoms with van der Waals surface area (Å²) >= 11 is 0. The van der Waals surface area contributed by atoms with Crippen LogP contribution in [0.5, 0.6) is 0 Å². The number of nitrogens with zero attached hydrogens (tertiary/aromatic N) is 4. The molecular weight excluding hydrogens is 340 g/mol. The molecule has 7 nitrogen and oxygen atoms in total. The number of aromatic nitrogens is 2. The largest absolute Gasteiger partial charge is 0.468 e. The van der Waals surface area contributed by atoms with Gasteiger partial charge in [-0.15, -0.1) is 0 Å². The van der Waals surface area contributed by atoms with E-state index in [9.17, 15) is 0 Å². The normalized spacial score (nSPS) is 14.4. The molecule has 2 heterocycles. The third-order valence-electron chi connectivity index (χ3n) is 4.81. The summed E-state index contributed by atoms with van der Waals surface area (Å²) in [6.07, 6.45) is 2.62. The van der Waals surface area contributed by atoms with Gasteiger partial charge in [0.05, 0.1) is 24.5 Å². The first kappa shape index (κ1) is 21.0. The van der Waals surface area contributed by atoms with E-state index in [2.05, 4.69) is 48.3 Å². The Morgan fingerprint density at radius 2 is 2.11 bits per heavy atom. The summed E-state index contributed by atoms with van der Waals surface area (Å²) in [5.41, 5.74) is 3.61.